The lowest BCUT2D eigenvalue weighted by Gasteiger charge is -2.23. The lowest BCUT2D eigenvalue weighted by molar-refractivity contribution is -0.131. The topological polar surface area (TPSA) is 116 Å². The predicted molar refractivity (Wildman–Crippen MR) is 124 cm³/mol. The van der Waals surface area contributed by atoms with Crippen LogP contribution in [0.4, 0.5) is 0 Å². The maximum absolute atomic E-state index is 13.0. The van der Waals surface area contributed by atoms with E-state index in [0.29, 0.717) is 30.0 Å². The molecule has 2 aromatic rings. The third-order valence-corrected chi connectivity index (χ3v) is 6.30. The quantitative estimate of drug-likeness (QED) is 0.526. The van der Waals surface area contributed by atoms with Crippen LogP contribution in [0.5, 0.6) is 5.75 Å². The second-order valence-electron chi connectivity index (χ2n) is 7.26. The van der Waals surface area contributed by atoms with Crippen LogP contribution in [0.2, 0.25) is 0 Å². The number of nitrogens with one attached hydrogen (secondary N) is 1. The summed E-state index contributed by atoms with van der Waals surface area (Å²) in [6.45, 7) is 2.68. The van der Waals surface area contributed by atoms with Crippen molar-refractivity contribution in [2.75, 3.05) is 24.6 Å². The van der Waals surface area contributed by atoms with Crippen LogP contribution in [0.3, 0.4) is 0 Å². The molecular formula is C22H25N2O6PS. The Bertz CT molecular complexity index is 1040. The van der Waals surface area contributed by atoms with Gasteiger partial charge in [0.15, 0.2) is 0 Å². The maximum atomic E-state index is 13.0. The maximum Gasteiger partial charge on any atom is 0.524 e. The van der Waals surface area contributed by atoms with Gasteiger partial charge in [-0.25, -0.2) is 4.57 Å². The second-order valence-corrected chi connectivity index (χ2v) is 9.57. The van der Waals surface area contributed by atoms with Crippen molar-refractivity contribution in [1.82, 2.24) is 10.2 Å². The lowest BCUT2D eigenvalue weighted by atomic mass is 10.1. The van der Waals surface area contributed by atoms with Gasteiger partial charge in [-0.15, -0.1) is 0 Å². The molecule has 1 atom stereocenters. The normalized spacial score (nSPS) is 17.3. The number of thioether (sulfide) groups is 1. The van der Waals surface area contributed by atoms with Crippen LogP contribution < -0.4 is 9.84 Å². The van der Waals surface area contributed by atoms with Gasteiger partial charge in [-0.05, 0) is 36.2 Å². The second kappa shape index (κ2) is 10.8. The van der Waals surface area contributed by atoms with Crippen LogP contribution in [0.1, 0.15) is 21.5 Å². The van der Waals surface area contributed by atoms with E-state index in [9.17, 15) is 14.2 Å². The van der Waals surface area contributed by atoms with Gasteiger partial charge >= 0.3 is 7.82 Å². The summed E-state index contributed by atoms with van der Waals surface area (Å²) in [5.41, 5.74) is 1.83. The Morgan fingerprint density at radius 2 is 2.03 bits per heavy atom. The van der Waals surface area contributed by atoms with E-state index in [1.165, 1.54) is 18.2 Å². The van der Waals surface area contributed by atoms with E-state index in [1.807, 2.05) is 42.5 Å². The summed E-state index contributed by atoms with van der Waals surface area (Å²) in [4.78, 5) is 45.4. The van der Waals surface area contributed by atoms with Crippen molar-refractivity contribution in [2.24, 2.45) is 0 Å². The van der Waals surface area contributed by atoms with Crippen LogP contribution in [0.15, 0.2) is 54.6 Å². The van der Waals surface area contributed by atoms with Gasteiger partial charge in [-0.2, -0.15) is 11.8 Å². The summed E-state index contributed by atoms with van der Waals surface area (Å²) in [5.74, 6) is 0.656. The molecule has 10 heteroatoms. The van der Waals surface area contributed by atoms with Gasteiger partial charge < -0.3 is 14.7 Å². The number of phosphoric acid groups is 1. The summed E-state index contributed by atoms with van der Waals surface area (Å²) < 4.78 is 15.5. The summed E-state index contributed by atoms with van der Waals surface area (Å²) in [5, 5.41) is 2.80. The van der Waals surface area contributed by atoms with Gasteiger partial charge in [0.25, 0.3) is 5.91 Å². The monoisotopic (exact) mass is 476 g/mol. The SMILES string of the molecule is Cc1cc(OP(=O)(O)O)ccc1C(=O)N[C@H]1CSCCN(CC=Cc2ccccc2)C1=O. The molecule has 32 heavy (non-hydrogen) atoms. The minimum absolute atomic E-state index is 0.0372. The van der Waals surface area contributed by atoms with Gasteiger partial charge in [-0.3, -0.25) is 19.4 Å². The average Bonchev–Trinajstić information content (AvgIpc) is 2.89. The Morgan fingerprint density at radius 1 is 1.28 bits per heavy atom. The highest BCUT2D eigenvalue weighted by Crippen LogP contribution is 2.37. The number of aryl methyl sites for hydroxylation is 1. The number of hydrogen-bond donors (Lipinski definition) is 3. The molecule has 0 bridgehead atoms. The first-order chi connectivity index (χ1) is 15.2. The zero-order valence-corrected chi connectivity index (χ0v) is 19.2. The van der Waals surface area contributed by atoms with E-state index < -0.39 is 19.8 Å². The number of phosphoric ester groups is 1. The van der Waals surface area contributed by atoms with Gasteiger partial charge in [0.1, 0.15) is 11.8 Å². The van der Waals surface area contributed by atoms with Crippen LogP contribution >= 0.6 is 19.6 Å². The third-order valence-electron chi connectivity index (χ3n) is 4.81. The fraction of sp³-hybridized carbons (Fsp3) is 0.273. The van der Waals surface area contributed by atoms with Crippen molar-refractivity contribution >= 4 is 37.5 Å². The molecule has 0 spiro atoms. The molecule has 0 saturated carbocycles. The molecule has 0 unspecified atom stereocenters. The van der Waals surface area contributed by atoms with Crippen molar-refractivity contribution in [3.05, 3.63) is 71.3 Å². The molecule has 2 aromatic carbocycles. The molecule has 0 aliphatic carbocycles. The van der Waals surface area contributed by atoms with Gasteiger partial charge in [0, 0.05) is 30.2 Å². The molecule has 1 aliphatic rings. The van der Waals surface area contributed by atoms with Gasteiger partial charge in [-0.1, -0.05) is 42.5 Å². The molecule has 1 aliphatic heterocycles. The highest BCUT2D eigenvalue weighted by Gasteiger charge is 2.28. The van der Waals surface area contributed by atoms with E-state index in [4.69, 9.17) is 9.79 Å². The zero-order valence-electron chi connectivity index (χ0n) is 17.5. The van der Waals surface area contributed by atoms with Crippen molar-refractivity contribution < 1.29 is 28.5 Å². The van der Waals surface area contributed by atoms with Crippen LogP contribution in [-0.2, 0) is 9.36 Å². The van der Waals surface area contributed by atoms with Crippen LogP contribution in [-0.4, -0.2) is 57.1 Å². The molecule has 1 fully saturated rings. The van der Waals surface area contributed by atoms with Gasteiger partial charge in [0.05, 0.1) is 0 Å². The fourth-order valence-electron chi connectivity index (χ4n) is 3.26. The largest absolute Gasteiger partial charge is 0.524 e. The number of carbonyl (C=O) groups excluding carboxylic acids is 2. The molecule has 8 nitrogen and oxygen atoms in total. The molecular weight excluding hydrogens is 451 g/mol. The first-order valence-corrected chi connectivity index (χ1v) is 12.7. The highest BCUT2D eigenvalue weighted by molar-refractivity contribution is 7.99. The van der Waals surface area contributed by atoms with E-state index in [2.05, 4.69) is 9.84 Å². The van der Waals surface area contributed by atoms with Crippen molar-refractivity contribution in [2.45, 2.75) is 13.0 Å². The Kier molecular flexibility index (Phi) is 8.15. The number of rotatable bonds is 7. The van der Waals surface area contributed by atoms with Crippen molar-refractivity contribution in [1.29, 1.82) is 0 Å². The average molecular weight is 476 g/mol. The molecule has 3 N–H and O–H groups in total. The summed E-state index contributed by atoms with van der Waals surface area (Å²) in [6.07, 6.45) is 3.90. The molecule has 0 aromatic heterocycles. The Balaban J connectivity index is 1.65. The smallest absolute Gasteiger partial charge is 0.404 e. The van der Waals surface area contributed by atoms with Gasteiger partial charge in [0.2, 0.25) is 5.91 Å². The van der Waals surface area contributed by atoms with Crippen LogP contribution in [0.25, 0.3) is 6.08 Å². The first kappa shape index (κ1) is 24.1. The van der Waals surface area contributed by atoms with E-state index in [0.717, 1.165) is 11.3 Å². The molecule has 170 valence electrons. The summed E-state index contributed by atoms with van der Waals surface area (Å²) in [6, 6.07) is 13.3. The number of nitrogens with zero attached hydrogens (tertiary/aromatic N) is 1. The number of amides is 2. The van der Waals surface area contributed by atoms with E-state index in [1.54, 1.807) is 23.6 Å². The molecule has 0 radical (unpaired) electrons. The molecule has 1 saturated heterocycles. The van der Waals surface area contributed by atoms with Crippen molar-refractivity contribution in [3.63, 3.8) is 0 Å². The summed E-state index contributed by atoms with van der Waals surface area (Å²) in [7, 11) is -4.68. The van der Waals surface area contributed by atoms with E-state index in [-0.39, 0.29) is 11.7 Å². The Morgan fingerprint density at radius 3 is 2.72 bits per heavy atom. The standard InChI is InChI=1S/C22H25N2O6PS/c1-16-14-18(30-31(27,28)29)9-10-19(16)21(25)23-20-15-32-13-12-24(22(20)26)11-5-8-17-6-3-2-4-7-17/h2-10,14,20H,11-13,15H2,1H3,(H,23,25)(H2,27,28,29)/t20-/m0/s1. The van der Waals surface area contributed by atoms with E-state index >= 15 is 0 Å². The minimum atomic E-state index is -4.68. The number of benzene rings is 2. The Hall–Kier alpha value is -2.58. The molecule has 3 rings (SSSR count). The number of hydrogen-bond acceptors (Lipinski definition) is 5. The minimum Gasteiger partial charge on any atom is -0.404 e. The highest BCUT2D eigenvalue weighted by atomic mass is 32.2. The molecule has 1 heterocycles. The lowest BCUT2D eigenvalue weighted by Crippen LogP contribution is -2.49. The zero-order chi connectivity index (χ0) is 23.1. The Labute approximate surface area is 190 Å². The number of carbonyl (C=O) groups is 2. The first-order valence-electron chi connectivity index (χ1n) is 9.98. The molecule has 2 amide bonds. The van der Waals surface area contributed by atoms with Crippen molar-refractivity contribution in [3.8, 4) is 5.75 Å². The fourth-order valence-corrected chi connectivity index (χ4v) is 4.63. The predicted octanol–water partition coefficient (Wildman–Crippen LogP) is 2.85. The third kappa shape index (κ3) is 6.97. The van der Waals surface area contributed by atoms with Crippen LogP contribution in [0, 0.1) is 6.92 Å². The summed E-state index contributed by atoms with van der Waals surface area (Å²) >= 11 is 1.60.